The monoisotopic (exact) mass is 200 g/mol. The van der Waals surface area contributed by atoms with Crippen LogP contribution in [0, 0.1) is 0 Å². The third-order valence-electron chi connectivity index (χ3n) is 1.62. The average molecular weight is 200 g/mol. The van der Waals surface area contributed by atoms with Crippen LogP contribution in [0.2, 0.25) is 0 Å². The zero-order valence-corrected chi connectivity index (χ0v) is 7.08. The zero-order valence-electron chi connectivity index (χ0n) is 7.08. The largest absolute Gasteiger partial charge is 0.416 e. The first-order chi connectivity index (χ1) is 6.55. The SMILES string of the molecule is O=C/C=C/c1ccccc1C(F)(F)F. The molecule has 74 valence electrons. The molecule has 0 fully saturated rings. The Morgan fingerprint density at radius 1 is 1.14 bits per heavy atom. The van der Waals surface area contributed by atoms with Crippen molar-refractivity contribution < 1.29 is 18.0 Å². The second kappa shape index (κ2) is 4.09. The second-order valence-electron chi connectivity index (χ2n) is 2.58. The van der Waals surface area contributed by atoms with Crippen LogP contribution in [0.25, 0.3) is 6.08 Å². The number of alkyl halides is 3. The van der Waals surface area contributed by atoms with Crippen LogP contribution in [-0.4, -0.2) is 6.29 Å². The van der Waals surface area contributed by atoms with Crippen molar-refractivity contribution in [3.8, 4) is 0 Å². The molecule has 4 heteroatoms. The maximum absolute atomic E-state index is 12.4. The van der Waals surface area contributed by atoms with Gasteiger partial charge >= 0.3 is 6.18 Å². The minimum absolute atomic E-state index is 0.00731. The number of carbonyl (C=O) groups excluding carboxylic acids is 1. The third kappa shape index (κ3) is 2.45. The van der Waals surface area contributed by atoms with Gasteiger partial charge in [-0.1, -0.05) is 24.3 Å². The molecule has 0 spiro atoms. The van der Waals surface area contributed by atoms with Crippen molar-refractivity contribution in [2.45, 2.75) is 6.18 Å². The first kappa shape index (κ1) is 10.5. The lowest BCUT2D eigenvalue weighted by molar-refractivity contribution is -0.137. The van der Waals surface area contributed by atoms with Gasteiger partial charge in [-0.2, -0.15) is 13.2 Å². The number of hydrogen-bond donors (Lipinski definition) is 0. The van der Waals surface area contributed by atoms with Crippen LogP contribution in [0.15, 0.2) is 30.3 Å². The molecule has 0 aliphatic carbocycles. The highest BCUT2D eigenvalue weighted by Crippen LogP contribution is 2.32. The van der Waals surface area contributed by atoms with E-state index >= 15 is 0 Å². The zero-order chi connectivity index (χ0) is 10.6. The Labute approximate surface area is 78.9 Å². The van der Waals surface area contributed by atoms with E-state index in [2.05, 4.69) is 0 Å². The van der Waals surface area contributed by atoms with Crippen molar-refractivity contribution in [2.75, 3.05) is 0 Å². The molecule has 1 aromatic carbocycles. The van der Waals surface area contributed by atoms with E-state index in [1.807, 2.05) is 0 Å². The number of halogens is 3. The van der Waals surface area contributed by atoms with Crippen LogP contribution in [0.3, 0.4) is 0 Å². The van der Waals surface area contributed by atoms with E-state index in [0.717, 1.165) is 18.2 Å². The Morgan fingerprint density at radius 2 is 1.79 bits per heavy atom. The fourth-order valence-electron chi connectivity index (χ4n) is 1.04. The summed E-state index contributed by atoms with van der Waals surface area (Å²) in [6.45, 7) is 0. The van der Waals surface area contributed by atoms with E-state index in [-0.39, 0.29) is 5.56 Å². The number of benzene rings is 1. The number of carbonyl (C=O) groups is 1. The van der Waals surface area contributed by atoms with Crippen molar-refractivity contribution >= 4 is 12.4 Å². The molecule has 0 saturated heterocycles. The molecule has 1 nitrogen and oxygen atoms in total. The van der Waals surface area contributed by atoms with Gasteiger partial charge in [-0.25, -0.2) is 0 Å². The first-order valence-corrected chi connectivity index (χ1v) is 3.84. The Balaban J connectivity index is 3.16. The fraction of sp³-hybridized carbons (Fsp3) is 0.100. The summed E-state index contributed by atoms with van der Waals surface area (Å²) in [5.74, 6) is 0. The smallest absolute Gasteiger partial charge is 0.299 e. The molecule has 14 heavy (non-hydrogen) atoms. The average Bonchev–Trinajstić information content (AvgIpc) is 2.14. The summed E-state index contributed by atoms with van der Waals surface area (Å²) >= 11 is 0. The van der Waals surface area contributed by atoms with Crippen molar-refractivity contribution in [3.63, 3.8) is 0 Å². The van der Waals surface area contributed by atoms with Crippen LogP contribution in [-0.2, 0) is 11.0 Å². The maximum atomic E-state index is 12.4. The normalized spacial score (nSPS) is 11.9. The molecule has 0 atom stereocenters. The highest BCUT2D eigenvalue weighted by molar-refractivity contribution is 5.74. The maximum Gasteiger partial charge on any atom is 0.416 e. The third-order valence-corrected chi connectivity index (χ3v) is 1.62. The van der Waals surface area contributed by atoms with Crippen LogP contribution < -0.4 is 0 Å². The summed E-state index contributed by atoms with van der Waals surface area (Å²) in [5.41, 5.74) is -0.745. The highest BCUT2D eigenvalue weighted by atomic mass is 19.4. The molecular formula is C10H7F3O. The summed E-state index contributed by atoms with van der Waals surface area (Å²) in [6, 6.07) is 5.08. The number of hydrogen-bond acceptors (Lipinski definition) is 1. The van der Waals surface area contributed by atoms with Crippen LogP contribution >= 0.6 is 0 Å². The van der Waals surface area contributed by atoms with Crippen molar-refractivity contribution in [1.29, 1.82) is 0 Å². The molecule has 0 aromatic heterocycles. The van der Waals surface area contributed by atoms with Gasteiger partial charge in [0.15, 0.2) is 0 Å². The standard InChI is InChI=1S/C10H7F3O/c11-10(12,13)9-6-2-1-4-8(9)5-3-7-14/h1-7H/b5-3+. The molecule has 0 N–H and O–H groups in total. The summed E-state index contributed by atoms with van der Waals surface area (Å²) < 4.78 is 37.1. The van der Waals surface area contributed by atoms with Gasteiger partial charge in [0, 0.05) is 0 Å². The topological polar surface area (TPSA) is 17.1 Å². The lowest BCUT2D eigenvalue weighted by atomic mass is 10.1. The Bertz CT molecular complexity index is 353. The van der Waals surface area contributed by atoms with Crippen LogP contribution in [0.1, 0.15) is 11.1 Å². The van der Waals surface area contributed by atoms with Gasteiger partial charge in [0.25, 0.3) is 0 Å². The van der Waals surface area contributed by atoms with E-state index in [4.69, 9.17) is 0 Å². The van der Waals surface area contributed by atoms with E-state index < -0.39 is 11.7 Å². The molecule has 0 amide bonds. The Kier molecular flexibility index (Phi) is 3.06. The molecule has 0 unspecified atom stereocenters. The van der Waals surface area contributed by atoms with Gasteiger partial charge in [0.05, 0.1) is 5.56 Å². The molecule has 0 bridgehead atoms. The molecule has 0 heterocycles. The van der Waals surface area contributed by atoms with Crippen molar-refractivity contribution in [1.82, 2.24) is 0 Å². The Morgan fingerprint density at radius 3 is 2.36 bits per heavy atom. The number of allylic oxidation sites excluding steroid dienone is 1. The van der Waals surface area contributed by atoms with E-state index in [1.165, 1.54) is 18.2 Å². The van der Waals surface area contributed by atoms with Crippen molar-refractivity contribution in [2.24, 2.45) is 0 Å². The van der Waals surface area contributed by atoms with Gasteiger partial charge in [-0.3, -0.25) is 4.79 Å². The molecular weight excluding hydrogens is 193 g/mol. The minimum atomic E-state index is -4.39. The summed E-state index contributed by atoms with van der Waals surface area (Å²) in [7, 11) is 0. The lowest BCUT2D eigenvalue weighted by Gasteiger charge is -2.09. The predicted molar refractivity (Wildman–Crippen MR) is 46.5 cm³/mol. The predicted octanol–water partition coefficient (Wildman–Crippen LogP) is 2.92. The summed E-state index contributed by atoms with van der Waals surface area (Å²) in [5, 5.41) is 0. The van der Waals surface area contributed by atoms with Gasteiger partial charge in [-0.05, 0) is 17.7 Å². The highest BCUT2D eigenvalue weighted by Gasteiger charge is 2.32. The van der Waals surface area contributed by atoms with Crippen LogP contribution in [0.4, 0.5) is 13.2 Å². The van der Waals surface area contributed by atoms with Gasteiger partial charge < -0.3 is 0 Å². The van der Waals surface area contributed by atoms with E-state index in [9.17, 15) is 18.0 Å². The molecule has 0 aliphatic rings. The molecule has 0 saturated carbocycles. The first-order valence-electron chi connectivity index (χ1n) is 3.84. The molecule has 1 aromatic rings. The van der Waals surface area contributed by atoms with E-state index in [0.29, 0.717) is 6.29 Å². The quantitative estimate of drug-likeness (QED) is 0.530. The van der Waals surface area contributed by atoms with Gasteiger partial charge in [0.1, 0.15) is 6.29 Å². The summed E-state index contributed by atoms with van der Waals surface area (Å²) in [4.78, 5) is 9.97. The number of rotatable bonds is 2. The fourth-order valence-corrected chi connectivity index (χ4v) is 1.04. The molecule has 0 radical (unpaired) electrons. The Hall–Kier alpha value is -1.58. The van der Waals surface area contributed by atoms with Gasteiger partial charge in [-0.15, -0.1) is 0 Å². The van der Waals surface area contributed by atoms with Crippen molar-refractivity contribution in [3.05, 3.63) is 41.5 Å². The van der Waals surface area contributed by atoms with Crippen LogP contribution in [0.5, 0.6) is 0 Å². The minimum Gasteiger partial charge on any atom is -0.299 e. The van der Waals surface area contributed by atoms with Gasteiger partial charge in [0.2, 0.25) is 0 Å². The number of aldehydes is 1. The van der Waals surface area contributed by atoms with E-state index in [1.54, 1.807) is 0 Å². The summed E-state index contributed by atoms with van der Waals surface area (Å²) in [6.07, 6.45) is -1.78. The second-order valence-corrected chi connectivity index (χ2v) is 2.58. The molecule has 0 aliphatic heterocycles. The molecule has 1 rings (SSSR count). The lowest BCUT2D eigenvalue weighted by Crippen LogP contribution is -2.06.